The molecule has 15 nitrogen and oxygen atoms in total. The van der Waals surface area contributed by atoms with E-state index in [0.717, 1.165) is 0 Å². The van der Waals surface area contributed by atoms with E-state index in [0.29, 0.717) is 6.42 Å². The van der Waals surface area contributed by atoms with Gasteiger partial charge in [-0.05, 0) is 47.0 Å². The predicted molar refractivity (Wildman–Crippen MR) is 174 cm³/mol. The maximum Gasteiger partial charge on any atom is 0.509 e. The number of amides is 1. The first-order valence-corrected chi connectivity index (χ1v) is 17.3. The SMILES string of the molecule is C=CCOC(=O)O[C@H]1[C@H](C)[C@@H](O[C@@H]2O[C@H](C)C[C@H]3[C@H]2OC(=O)N3C)[C@](C)(OC)C[C@@H](C)C(=O)[C@H](C)[C@@H]2OC(=O)O[C@]2(C)[C@@H](CC)OC(=O)[C@@H]1C. The van der Waals surface area contributed by atoms with Crippen LogP contribution in [-0.4, -0.2) is 116 Å². The van der Waals surface area contributed by atoms with Crippen LogP contribution in [0, 0.1) is 23.7 Å². The fourth-order valence-corrected chi connectivity index (χ4v) is 7.99. The number of carbonyl (C=O) groups excluding carboxylic acids is 5. The van der Waals surface area contributed by atoms with Crippen LogP contribution in [0.5, 0.6) is 0 Å². The molecule has 50 heavy (non-hydrogen) atoms. The highest BCUT2D eigenvalue weighted by Gasteiger charge is 2.59. The number of likely N-dealkylation sites (N-methyl/N-ethyl adjacent to an activating group) is 1. The molecule has 0 aliphatic carbocycles. The highest BCUT2D eigenvalue weighted by atomic mass is 16.8. The summed E-state index contributed by atoms with van der Waals surface area (Å²) >= 11 is 0. The van der Waals surface area contributed by atoms with E-state index < -0.39 is 96.1 Å². The van der Waals surface area contributed by atoms with Crippen molar-refractivity contribution in [2.24, 2.45) is 23.7 Å². The number of fused-ring (bicyclic) bond motifs is 2. The summed E-state index contributed by atoms with van der Waals surface area (Å²) in [6, 6.07) is -0.341. The second kappa shape index (κ2) is 15.4. The second-order valence-corrected chi connectivity index (χ2v) is 14.4. The number of esters is 1. The monoisotopic (exact) mass is 711 g/mol. The van der Waals surface area contributed by atoms with Gasteiger partial charge in [0.1, 0.15) is 24.6 Å². The Hall–Kier alpha value is -3.43. The average Bonchev–Trinajstić information content (AvgIpc) is 3.55. The number of hydrogen-bond donors (Lipinski definition) is 0. The first-order chi connectivity index (χ1) is 23.4. The van der Waals surface area contributed by atoms with Crippen molar-refractivity contribution in [1.29, 1.82) is 0 Å². The van der Waals surface area contributed by atoms with E-state index >= 15 is 0 Å². The molecule has 0 aromatic rings. The Labute approximate surface area is 293 Å². The quantitative estimate of drug-likeness (QED) is 0.204. The molecule has 0 N–H and O–H groups in total. The number of ether oxygens (including phenoxy) is 9. The van der Waals surface area contributed by atoms with Crippen LogP contribution >= 0.6 is 0 Å². The van der Waals surface area contributed by atoms with Gasteiger partial charge in [0.2, 0.25) is 0 Å². The fourth-order valence-electron chi connectivity index (χ4n) is 7.99. The maximum atomic E-state index is 14.1. The van der Waals surface area contributed by atoms with Crippen molar-refractivity contribution in [3.05, 3.63) is 12.7 Å². The van der Waals surface area contributed by atoms with Crippen molar-refractivity contribution in [3.63, 3.8) is 0 Å². The van der Waals surface area contributed by atoms with E-state index in [1.807, 2.05) is 6.92 Å². The van der Waals surface area contributed by atoms with Gasteiger partial charge in [-0.2, -0.15) is 0 Å². The number of methoxy groups -OCH3 is 1. The second-order valence-electron chi connectivity index (χ2n) is 14.4. The molecule has 1 amide bonds. The molecule has 0 unspecified atom stereocenters. The van der Waals surface area contributed by atoms with Crippen LogP contribution in [0.1, 0.15) is 74.7 Å². The van der Waals surface area contributed by atoms with Crippen molar-refractivity contribution < 1.29 is 66.6 Å². The Morgan fingerprint density at radius 2 is 1.72 bits per heavy atom. The van der Waals surface area contributed by atoms with E-state index in [-0.39, 0.29) is 37.4 Å². The van der Waals surface area contributed by atoms with Crippen LogP contribution in [0.3, 0.4) is 0 Å². The highest BCUT2D eigenvalue weighted by Crippen LogP contribution is 2.43. The van der Waals surface area contributed by atoms with Crippen molar-refractivity contribution in [1.82, 2.24) is 4.90 Å². The molecular formula is C35H53NO14. The number of hydrogen-bond acceptors (Lipinski definition) is 14. The van der Waals surface area contributed by atoms with Gasteiger partial charge in [0.05, 0.1) is 35.7 Å². The smallest absolute Gasteiger partial charge is 0.458 e. The lowest BCUT2D eigenvalue weighted by Crippen LogP contribution is -2.59. The van der Waals surface area contributed by atoms with Crippen molar-refractivity contribution in [2.75, 3.05) is 20.8 Å². The molecule has 0 spiro atoms. The summed E-state index contributed by atoms with van der Waals surface area (Å²) in [5.41, 5.74) is -2.81. The Morgan fingerprint density at radius 1 is 1.04 bits per heavy atom. The van der Waals surface area contributed by atoms with Crippen LogP contribution in [0.25, 0.3) is 0 Å². The number of nitrogens with zero attached hydrogens (tertiary/aromatic N) is 1. The van der Waals surface area contributed by atoms with Crippen molar-refractivity contribution >= 4 is 30.2 Å². The standard InChI is InChI=1S/C35H53NO14/c1-12-14-43-32(40)47-25-20(6)27(48-30-26-22(15-18(4)44-30)36(10)31(39)46-26)34(8,42-11)16-17(3)24(37)19(5)28-35(9,50-33(41)49-28)23(13-2)45-29(38)21(25)7/h12,17-23,25-28,30H,1,13-16H2,2-11H3/t17-,18-,19+,20+,21-,22+,23-,25+,26-,27-,28+,30+,34-,35-/m1/s1. The molecular weight excluding hydrogens is 658 g/mol. The van der Waals surface area contributed by atoms with Crippen LogP contribution in [-0.2, 0) is 52.2 Å². The van der Waals surface area contributed by atoms with Crippen LogP contribution in [0.4, 0.5) is 14.4 Å². The third-order valence-electron chi connectivity index (χ3n) is 10.8. The Morgan fingerprint density at radius 3 is 2.34 bits per heavy atom. The molecule has 0 bridgehead atoms. The van der Waals surface area contributed by atoms with Crippen molar-refractivity contribution in [3.8, 4) is 0 Å². The fraction of sp³-hybridized carbons (Fsp3) is 0.800. The Bertz CT molecular complexity index is 1310. The zero-order valence-corrected chi connectivity index (χ0v) is 30.7. The molecule has 0 aromatic heterocycles. The minimum Gasteiger partial charge on any atom is -0.458 e. The van der Waals surface area contributed by atoms with E-state index in [1.165, 1.54) is 18.1 Å². The number of cyclic esters (lactones) is 1. The molecule has 4 heterocycles. The Kier molecular flexibility index (Phi) is 12.2. The van der Waals surface area contributed by atoms with Gasteiger partial charge in [-0.1, -0.05) is 40.3 Å². The van der Waals surface area contributed by atoms with Gasteiger partial charge in [0.25, 0.3) is 0 Å². The summed E-state index contributed by atoms with van der Waals surface area (Å²) < 4.78 is 53.1. The lowest BCUT2D eigenvalue weighted by molar-refractivity contribution is -0.291. The molecule has 0 radical (unpaired) electrons. The maximum absolute atomic E-state index is 14.1. The largest absolute Gasteiger partial charge is 0.509 e. The third kappa shape index (κ3) is 7.59. The molecule has 4 rings (SSSR count). The first kappa shape index (κ1) is 39.4. The number of carbonyl (C=O) groups is 5. The minimum atomic E-state index is -1.50. The molecule has 4 saturated heterocycles. The molecule has 15 heteroatoms. The summed E-state index contributed by atoms with van der Waals surface area (Å²) in [4.78, 5) is 67.9. The molecule has 4 aliphatic rings. The summed E-state index contributed by atoms with van der Waals surface area (Å²) in [7, 11) is 3.11. The summed E-state index contributed by atoms with van der Waals surface area (Å²) in [5, 5.41) is 0. The van der Waals surface area contributed by atoms with Gasteiger partial charge in [0, 0.05) is 26.0 Å². The topological polar surface area (TPSA) is 172 Å². The van der Waals surface area contributed by atoms with Gasteiger partial charge in [-0.3, -0.25) is 9.59 Å². The van der Waals surface area contributed by atoms with E-state index in [2.05, 4.69) is 6.58 Å². The first-order valence-electron chi connectivity index (χ1n) is 17.3. The highest BCUT2D eigenvalue weighted by molar-refractivity contribution is 5.84. The van der Waals surface area contributed by atoms with Gasteiger partial charge < -0.3 is 47.5 Å². The summed E-state index contributed by atoms with van der Waals surface area (Å²) in [5.74, 6) is -4.56. The van der Waals surface area contributed by atoms with Crippen LogP contribution in [0.15, 0.2) is 12.7 Å². The van der Waals surface area contributed by atoms with Gasteiger partial charge >= 0.3 is 24.4 Å². The Balaban J connectivity index is 1.84. The average molecular weight is 712 g/mol. The molecule has 282 valence electrons. The van der Waals surface area contributed by atoms with E-state index in [1.54, 1.807) is 55.5 Å². The zero-order chi connectivity index (χ0) is 37.3. The van der Waals surface area contributed by atoms with Gasteiger partial charge in [-0.15, -0.1) is 0 Å². The zero-order valence-electron chi connectivity index (χ0n) is 30.7. The minimum absolute atomic E-state index is 0.0830. The van der Waals surface area contributed by atoms with Gasteiger partial charge in [0.15, 0.2) is 24.1 Å². The normalized spacial score (nSPS) is 42.6. The number of ketones is 1. The van der Waals surface area contributed by atoms with Crippen molar-refractivity contribution in [2.45, 2.75) is 135 Å². The third-order valence-corrected chi connectivity index (χ3v) is 10.8. The molecule has 14 atom stereocenters. The lowest BCUT2D eigenvalue weighted by atomic mass is 9.74. The van der Waals surface area contributed by atoms with Crippen LogP contribution in [0.2, 0.25) is 0 Å². The number of rotatable bonds is 7. The molecule has 0 saturated carbocycles. The van der Waals surface area contributed by atoms with E-state index in [9.17, 15) is 24.0 Å². The summed E-state index contributed by atoms with van der Waals surface area (Å²) in [6.45, 7) is 17.0. The summed E-state index contributed by atoms with van der Waals surface area (Å²) in [6.07, 6.45) is -7.01. The molecule has 4 fully saturated rings. The van der Waals surface area contributed by atoms with Crippen LogP contribution < -0.4 is 0 Å². The van der Waals surface area contributed by atoms with E-state index in [4.69, 9.17) is 42.6 Å². The predicted octanol–water partition coefficient (Wildman–Crippen LogP) is 4.57. The molecule has 0 aromatic carbocycles. The van der Waals surface area contributed by atoms with Gasteiger partial charge in [-0.25, -0.2) is 14.4 Å². The molecule has 4 aliphatic heterocycles. The number of Topliss-reactive ketones (excluding diaryl/α,β-unsaturated/α-hetero) is 1. The lowest BCUT2D eigenvalue weighted by Gasteiger charge is -2.47.